The van der Waals surface area contributed by atoms with Crippen LogP contribution in [0.1, 0.15) is 16.8 Å². The number of amides is 1. The van der Waals surface area contributed by atoms with Crippen molar-refractivity contribution in [2.45, 2.75) is 11.4 Å². The predicted octanol–water partition coefficient (Wildman–Crippen LogP) is 0.955. The van der Waals surface area contributed by atoms with E-state index in [2.05, 4.69) is 9.97 Å². The maximum absolute atomic E-state index is 12.8. The largest absolute Gasteiger partial charge is 0.496 e. The second kappa shape index (κ2) is 7.24. The van der Waals surface area contributed by atoms with Crippen molar-refractivity contribution in [3.63, 3.8) is 0 Å². The number of rotatable bonds is 4. The van der Waals surface area contributed by atoms with E-state index >= 15 is 0 Å². The van der Waals surface area contributed by atoms with E-state index in [1.165, 1.54) is 23.9 Å². The van der Waals surface area contributed by atoms with Crippen LogP contribution in [0, 0.1) is 0 Å². The summed E-state index contributed by atoms with van der Waals surface area (Å²) in [6.07, 6.45) is 3.19. The molecule has 1 saturated heterocycles. The number of ether oxygens (including phenoxy) is 1. The Hall–Kier alpha value is -2.39. The van der Waals surface area contributed by atoms with E-state index in [1.807, 2.05) is 0 Å². The van der Waals surface area contributed by atoms with E-state index in [1.54, 1.807) is 29.2 Å². The van der Waals surface area contributed by atoms with E-state index in [9.17, 15) is 13.2 Å². The van der Waals surface area contributed by atoms with Gasteiger partial charge < -0.3 is 14.6 Å². The molecule has 9 heteroatoms. The highest BCUT2D eigenvalue weighted by molar-refractivity contribution is 7.89. The zero-order valence-electron chi connectivity index (χ0n) is 13.9. The van der Waals surface area contributed by atoms with Crippen molar-refractivity contribution in [1.29, 1.82) is 0 Å². The Balaban J connectivity index is 1.75. The van der Waals surface area contributed by atoms with E-state index in [-0.39, 0.29) is 17.5 Å². The summed E-state index contributed by atoms with van der Waals surface area (Å²) in [4.78, 5) is 20.8. The molecule has 0 bridgehead atoms. The molecule has 0 saturated carbocycles. The van der Waals surface area contributed by atoms with Gasteiger partial charge in [-0.15, -0.1) is 0 Å². The van der Waals surface area contributed by atoms with Crippen LogP contribution in [0.5, 0.6) is 5.75 Å². The van der Waals surface area contributed by atoms with Crippen molar-refractivity contribution < 1.29 is 17.9 Å². The molecule has 1 aromatic carbocycles. The molecule has 1 aromatic heterocycles. The van der Waals surface area contributed by atoms with E-state index < -0.39 is 10.0 Å². The van der Waals surface area contributed by atoms with Crippen LogP contribution in [0.25, 0.3) is 0 Å². The van der Waals surface area contributed by atoms with Gasteiger partial charge in [0, 0.05) is 26.2 Å². The molecule has 0 aliphatic carbocycles. The van der Waals surface area contributed by atoms with Crippen molar-refractivity contribution in [1.82, 2.24) is 19.2 Å². The molecule has 25 heavy (non-hydrogen) atoms. The quantitative estimate of drug-likeness (QED) is 0.872. The molecule has 0 spiro atoms. The van der Waals surface area contributed by atoms with Crippen LogP contribution in [0.15, 0.2) is 41.8 Å². The molecule has 1 amide bonds. The Labute approximate surface area is 146 Å². The number of nitrogens with zero attached hydrogens (tertiary/aromatic N) is 3. The summed E-state index contributed by atoms with van der Waals surface area (Å²) in [7, 11) is -2.09. The molecule has 0 unspecified atom stereocenters. The number of aromatic amines is 1. The van der Waals surface area contributed by atoms with Gasteiger partial charge in [0.15, 0.2) is 5.03 Å². The molecule has 1 aliphatic rings. The molecule has 8 nitrogen and oxygen atoms in total. The summed E-state index contributed by atoms with van der Waals surface area (Å²) in [5.41, 5.74) is 0.481. The Morgan fingerprint density at radius 1 is 1.20 bits per heavy atom. The molecule has 3 rings (SSSR count). The van der Waals surface area contributed by atoms with Gasteiger partial charge in [0.2, 0.25) is 0 Å². The topological polar surface area (TPSA) is 95.6 Å². The minimum absolute atomic E-state index is 0.0667. The predicted molar refractivity (Wildman–Crippen MR) is 90.9 cm³/mol. The van der Waals surface area contributed by atoms with Gasteiger partial charge >= 0.3 is 0 Å². The number of aromatic nitrogens is 2. The van der Waals surface area contributed by atoms with Crippen LogP contribution >= 0.6 is 0 Å². The maximum Gasteiger partial charge on any atom is 0.260 e. The van der Waals surface area contributed by atoms with Crippen LogP contribution in [0.2, 0.25) is 0 Å². The zero-order valence-corrected chi connectivity index (χ0v) is 14.7. The summed E-state index contributed by atoms with van der Waals surface area (Å²) in [6.45, 7) is 1.41. The third kappa shape index (κ3) is 3.52. The molecular formula is C16H20N4O4S. The van der Waals surface area contributed by atoms with Crippen LogP contribution in [-0.4, -0.2) is 66.8 Å². The van der Waals surface area contributed by atoms with Gasteiger partial charge in [0.1, 0.15) is 5.75 Å². The van der Waals surface area contributed by atoms with Crippen molar-refractivity contribution in [3.8, 4) is 5.75 Å². The average Bonchev–Trinajstić information content (AvgIpc) is 3.06. The molecule has 2 heterocycles. The smallest absolute Gasteiger partial charge is 0.260 e. The van der Waals surface area contributed by atoms with Crippen molar-refractivity contribution >= 4 is 15.9 Å². The highest BCUT2D eigenvalue weighted by atomic mass is 32.2. The number of carbonyl (C=O) groups is 1. The number of H-pyrrole nitrogens is 1. The molecule has 134 valence electrons. The fourth-order valence-corrected chi connectivity index (χ4v) is 4.22. The monoisotopic (exact) mass is 364 g/mol. The fraction of sp³-hybridized carbons (Fsp3) is 0.375. The first kappa shape index (κ1) is 17.4. The summed E-state index contributed by atoms with van der Waals surface area (Å²) in [5.74, 6) is 0.358. The van der Waals surface area contributed by atoms with Gasteiger partial charge in [-0.1, -0.05) is 12.1 Å². The molecule has 0 atom stereocenters. The molecule has 0 radical (unpaired) electrons. The van der Waals surface area contributed by atoms with Crippen LogP contribution in [-0.2, 0) is 10.0 Å². The lowest BCUT2D eigenvalue weighted by Crippen LogP contribution is -2.37. The maximum atomic E-state index is 12.8. The number of benzene rings is 1. The minimum Gasteiger partial charge on any atom is -0.496 e. The molecule has 1 fully saturated rings. The first-order chi connectivity index (χ1) is 12.0. The normalized spacial score (nSPS) is 16.4. The Morgan fingerprint density at radius 2 is 2.00 bits per heavy atom. The second-order valence-corrected chi connectivity index (χ2v) is 7.57. The van der Waals surface area contributed by atoms with E-state index in [0.29, 0.717) is 37.4 Å². The highest BCUT2D eigenvalue weighted by Crippen LogP contribution is 2.21. The number of carbonyl (C=O) groups excluding carboxylic acids is 1. The molecular weight excluding hydrogens is 344 g/mol. The van der Waals surface area contributed by atoms with Gasteiger partial charge in [-0.05, 0) is 18.6 Å². The highest BCUT2D eigenvalue weighted by Gasteiger charge is 2.30. The SMILES string of the molecule is COc1ccccc1C(=O)N1CCCN(S(=O)(=O)c2cnc[nH]2)CC1. The summed E-state index contributed by atoms with van der Waals surface area (Å²) in [5, 5.41) is 0.0667. The Kier molecular flexibility index (Phi) is 5.05. The lowest BCUT2D eigenvalue weighted by Gasteiger charge is -2.22. The van der Waals surface area contributed by atoms with Crippen molar-refractivity contribution in [2.75, 3.05) is 33.3 Å². The number of sulfonamides is 1. The first-order valence-corrected chi connectivity index (χ1v) is 9.39. The summed E-state index contributed by atoms with van der Waals surface area (Å²) in [6, 6.07) is 7.03. The standard InChI is InChI=1S/C16H20N4O4S/c1-24-14-6-3-2-5-13(14)16(21)19-7-4-8-20(10-9-19)25(22,23)15-11-17-12-18-15/h2-3,5-6,11-12H,4,7-10H2,1H3,(H,17,18). The zero-order chi connectivity index (χ0) is 17.9. The first-order valence-electron chi connectivity index (χ1n) is 7.95. The van der Waals surface area contributed by atoms with E-state index in [4.69, 9.17) is 4.74 Å². The van der Waals surface area contributed by atoms with Gasteiger partial charge in [-0.25, -0.2) is 13.4 Å². The third-order valence-electron chi connectivity index (χ3n) is 4.17. The van der Waals surface area contributed by atoms with Gasteiger partial charge in [-0.3, -0.25) is 4.79 Å². The lowest BCUT2D eigenvalue weighted by molar-refractivity contribution is 0.0761. The number of para-hydroxylation sites is 1. The number of hydrogen-bond donors (Lipinski definition) is 1. The van der Waals surface area contributed by atoms with Crippen molar-refractivity contribution in [3.05, 3.63) is 42.4 Å². The lowest BCUT2D eigenvalue weighted by atomic mass is 10.1. The summed E-state index contributed by atoms with van der Waals surface area (Å²) >= 11 is 0. The van der Waals surface area contributed by atoms with Gasteiger partial charge in [-0.2, -0.15) is 4.31 Å². The van der Waals surface area contributed by atoms with Gasteiger partial charge in [0.25, 0.3) is 15.9 Å². The summed E-state index contributed by atoms with van der Waals surface area (Å²) < 4.78 is 31.8. The second-order valence-electron chi connectivity index (χ2n) is 5.67. The van der Waals surface area contributed by atoms with Crippen molar-refractivity contribution in [2.24, 2.45) is 0 Å². The fourth-order valence-electron chi connectivity index (χ4n) is 2.85. The van der Waals surface area contributed by atoms with Crippen LogP contribution < -0.4 is 4.74 Å². The Bertz CT molecular complexity index is 836. The molecule has 1 aliphatic heterocycles. The minimum atomic E-state index is -3.62. The average molecular weight is 364 g/mol. The number of nitrogens with one attached hydrogen (secondary N) is 1. The van der Waals surface area contributed by atoms with Gasteiger partial charge in [0.05, 0.1) is 25.2 Å². The Morgan fingerprint density at radius 3 is 2.72 bits per heavy atom. The molecule has 1 N–H and O–H groups in total. The third-order valence-corrected chi connectivity index (χ3v) is 5.99. The number of imidazole rings is 1. The number of hydrogen-bond acceptors (Lipinski definition) is 5. The van der Waals surface area contributed by atoms with Crippen LogP contribution in [0.4, 0.5) is 0 Å². The number of methoxy groups -OCH3 is 1. The molecule has 2 aromatic rings. The van der Waals surface area contributed by atoms with Crippen LogP contribution in [0.3, 0.4) is 0 Å². The van der Waals surface area contributed by atoms with E-state index in [0.717, 1.165) is 0 Å².